The number of fused-ring (bicyclic) bond motifs is 3. The summed E-state index contributed by atoms with van der Waals surface area (Å²) < 4.78 is 0. The highest BCUT2D eigenvalue weighted by Gasteiger charge is 2.17. The molecule has 0 aliphatic carbocycles. The van der Waals surface area contributed by atoms with E-state index in [1.165, 1.54) is 43.4 Å². The second kappa shape index (κ2) is 11.3. The lowest BCUT2D eigenvalue weighted by atomic mass is 10.0. The van der Waals surface area contributed by atoms with Gasteiger partial charge in [-0.1, -0.05) is 109 Å². The summed E-state index contributed by atoms with van der Waals surface area (Å²) >= 11 is 0. The van der Waals surface area contributed by atoms with Gasteiger partial charge in [0.2, 0.25) is 0 Å². The van der Waals surface area contributed by atoms with Gasteiger partial charge in [0.1, 0.15) is 0 Å². The number of nitrogens with zero attached hydrogens (tertiary/aromatic N) is 2. The van der Waals surface area contributed by atoms with Crippen LogP contribution in [-0.4, -0.2) is 7.05 Å². The van der Waals surface area contributed by atoms with Crippen molar-refractivity contribution in [3.63, 3.8) is 0 Å². The molecule has 2 heteroatoms. The SMILES string of the molecule is CN(c1ccc(N(c2cccc(-c3ccccc3)c2)c2cccc3ccccc23)cc1)c1ccc2cc3ccccc3cc2c1. The van der Waals surface area contributed by atoms with Crippen molar-refractivity contribution in [2.75, 3.05) is 16.8 Å². The first-order chi connectivity index (χ1) is 22.2. The van der Waals surface area contributed by atoms with E-state index in [1.807, 2.05) is 0 Å². The minimum Gasteiger partial charge on any atom is -0.345 e. The third kappa shape index (κ3) is 5.07. The van der Waals surface area contributed by atoms with Crippen molar-refractivity contribution in [3.8, 4) is 11.1 Å². The van der Waals surface area contributed by atoms with E-state index >= 15 is 0 Å². The van der Waals surface area contributed by atoms with Crippen LogP contribution in [0.3, 0.4) is 0 Å². The van der Waals surface area contributed by atoms with Crippen molar-refractivity contribution in [1.82, 2.24) is 0 Å². The third-order valence-electron chi connectivity index (χ3n) is 8.79. The molecule has 214 valence electrons. The Morgan fingerprint density at radius 3 is 1.71 bits per heavy atom. The largest absolute Gasteiger partial charge is 0.345 e. The molecule has 0 spiro atoms. The summed E-state index contributed by atoms with van der Waals surface area (Å²) in [5, 5.41) is 7.47. The Kier molecular flexibility index (Phi) is 6.73. The van der Waals surface area contributed by atoms with E-state index in [1.54, 1.807) is 0 Å². The lowest BCUT2D eigenvalue weighted by Gasteiger charge is -2.28. The van der Waals surface area contributed by atoms with Gasteiger partial charge in [-0.25, -0.2) is 0 Å². The van der Waals surface area contributed by atoms with Crippen LogP contribution in [0.25, 0.3) is 43.4 Å². The minimum atomic E-state index is 1.11. The second-order valence-electron chi connectivity index (χ2n) is 11.6. The lowest BCUT2D eigenvalue weighted by Crippen LogP contribution is -2.12. The fourth-order valence-corrected chi connectivity index (χ4v) is 6.40. The average molecular weight is 577 g/mol. The van der Waals surface area contributed by atoms with Crippen LogP contribution in [-0.2, 0) is 0 Å². The molecule has 8 aromatic rings. The molecule has 0 aliphatic rings. The summed E-state index contributed by atoms with van der Waals surface area (Å²) in [6.07, 6.45) is 0. The maximum absolute atomic E-state index is 2.37. The molecule has 0 saturated carbocycles. The molecule has 0 aliphatic heterocycles. The predicted octanol–water partition coefficient (Wildman–Crippen LogP) is 12.1. The molecule has 0 radical (unpaired) electrons. The van der Waals surface area contributed by atoms with Crippen LogP contribution < -0.4 is 9.80 Å². The van der Waals surface area contributed by atoms with E-state index in [4.69, 9.17) is 0 Å². The van der Waals surface area contributed by atoms with Crippen LogP contribution in [0.1, 0.15) is 0 Å². The molecule has 0 atom stereocenters. The summed E-state index contributed by atoms with van der Waals surface area (Å²) in [7, 11) is 2.14. The number of hydrogen-bond acceptors (Lipinski definition) is 2. The molecule has 0 unspecified atom stereocenters. The van der Waals surface area contributed by atoms with Gasteiger partial charge in [-0.3, -0.25) is 0 Å². The summed E-state index contributed by atoms with van der Waals surface area (Å²) in [5.74, 6) is 0. The highest BCUT2D eigenvalue weighted by molar-refractivity contribution is 6.00. The molecule has 8 rings (SSSR count). The van der Waals surface area contributed by atoms with E-state index in [0.29, 0.717) is 0 Å². The van der Waals surface area contributed by atoms with E-state index < -0.39 is 0 Å². The molecule has 0 bridgehead atoms. The van der Waals surface area contributed by atoms with Gasteiger partial charge < -0.3 is 9.80 Å². The predicted molar refractivity (Wildman–Crippen MR) is 194 cm³/mol. The van der Waals surface area contributed by atoms with Crippen LogP contribution in [0.2, 0.25) is 0 Å². The fraction of sp³-hybridized carbons (Fsp3) is 0.0233. The van der Waals surface area contributed by atoms with E-state index in [0.717, 1.165) is 28.4 Å². The summed E-state index contributed by atoms with van der Waals surface area (Å²) in [4.78, 5) is 4.64. The molecular formula is C43H32N2. The smallest absolute Gasteiger partial charge is 0.0540 e. The van der Waals surface area contributed by atoms with Crippen LogP contribution in [0.4, 0.5) is 28.4 Å². The molecule has 0 N–H and O–H groups in total. The molecule has 0 fully saturated rings. The van der Waals surface area contributed by atoms with Crippen LogP contribution >= 0.6 is 0 Å². The minimum absolute atomic E-state index is 1.11. The second-order valence-corrected chi connectivity index (χ2v) is 11.6. The first kappa shape index (κ1) is 26.7. The van der Waals surface area contributed by atoms with Gasteiger partial charge in [0.25, 0.3) is 0 Å². The Morgan fingerprint density at radius 1 is 0.333 bits per heavy atom. The molecule has 0 heterocycles. The summed E-state index contributed by atoms with van der Waals surface area (Å²) in [6.45, 7) is 0. The maximum atomic E-state index is 2.37. The first-order valence-electron chi connectivity index (χ1n) is 15.4. The Hall–Kier alpha value is -5.86. The molecule has 8 aromatic carbocycles. The molecule has 0 saturated heterocycles. The lowest BCUT2D eigenvalue weighted by molar-refractivity contribution is 1.21. The van der Waals surface area contributed by atoms with Crippen molar-refractivity contribution >= 4 is 60.8 Å². The molecule has 45 heavy (non-hydrogen) atoms. The average Bonchev–Trinajstić information content (AvgIpc) is 3.11. The normalized spacial score (nSPS) is 11.2. The monoisotopic (exact) mass is 576 g/mol. The Balaban J connectivity index is 1.19. The highest BCUT2D eigenvalue weighted by Crippen LogP contribution is 2.41. The van der Waals surface area contributed by atoms with Gasteiger partial charge in [-0.2, -0.15) is 0 Å². The van der Waals surface area contributed by atoms with Gasteiger partial charge in [0.15, 0.2) is 0 Å². The molecule has 0 aromatic heterocycles. The van der Waals surface area contributed by atoms with E-state index in [2.05, 4.69) is 193 Å². The van der Waals surface area contributed by atoms with Crippen molar-refractivity contribution in [3.05, 3.63) is 176 Å². The van der Waals surface area contributed by atoms with Crippen molar-refractivity contribution in [1.29, 1.82) is 0 Å². The van der Waals surface area contributed by atoms with Gasteiger partial charge in [0.05, 0.1) is 5.69 Å². The zero-order valence-electron chi connectivity index (χ0n) is 25.1. The Morgan fingerprint density at radius 2 is 0.911 bits per heavy atom. The first-order valence-corrected chi connectivity index (χ1v) is 15.4. The zero-order valence-corrected chi connectivity index (χ0v) is 25.1. The Labute approximate surface area is 264 Å². The Bertz CT molecular complexity index is 2280. The van der Waals surface area contributed by atoms with Crippen molar-refractivity contribution < 1.29 is 0 Å². The van der Waals surface area contributed by atoms with E-state index in [9.17, 15) is 0 Å². The van der Waals surface area contributed by atoms with Gasteiger partial charge in [-0.15, -0.1) is 0 Å². The molecular weight excluding hydrogens is 544 g/mol. The quantitative estimate of drug-likeness (QED) is 0.182. The van der Waals surface area contributed by atoms with Crippen molar-refractivity contribution in [2.24, 2.45) is 0 Å². The third-order valence-corrected chi connectivity index (χ3v) is 8.79. The fourth-order valence-electron chi connectivity index (χ4n) is 6.40. The highest BCUT2D eigenvalue weighted by atomic mass is 15.1. The van der Waals surface area contributed by atoms with Crippen LogP contribution in [0, 0.1) is 0 Å². The number of benzene rings is 8. The molecule has 2 nitrogen and oxygen atoms in total. The number of anilines is 5. The van der Waals surface area contributed by atoms with E-state index in [-0.39, 0.29) is 0 Å². The zero-order chi connectivity index (χ0) is 30.2. The number of hydrogen-bond donors (Lipinski definition) is 0. The van der Waals surface area contributed by atoms with Crippen LogP contribution in [0.5, 0.6) is 0 Å². The van der Waals surface area contributed by atoms with Gasteiger partial charge >= 0.3 is 0 Å². The number of rotatable bonds is 6. The van der Waals surface area contributed by atoms with Crippen LogP contribution in [0.15, 0.2) is 176 Å². The molecule has 0 amide bonds. The van der Waals surface area contributed by atoms with Gasteiger partial charge in [-0.05, 0) is 105 Å². The maximum Gasteiger partial charge on any atom is 0.0540 e. The van der Waals surface area contributed by atoms with Gasteiger partial charge in [0, 0.05) is 35.2 Å². The van der Waals surface area contributed by atoms with Crippen molar-refractivity contribution in [2.45, 2.75) is 0 Å². The standard InChI is InChI=1S/C43H32N2/c1-44(40-22-21-36-27-33-14-5-6-15-34(33)28-37(36)30-40)38-23-25-39(26-24-38)45(43-20-10-16-32-13-7-8-19-42(32)43)41-18-9-17-35(29-41)31-11-3-2-4-12-31/h2-30H,1H3. The summed E-state index contributed by atoms with van der Waals surface area (Å²) in [5.41, 5.74) is 8.08. The summed E-state index contributed by atoms with van der Waals surface area (Å²) in [6, 6.07) is 63.3. The topological polar surface area (TPSA) is 6.48 Å².